The first-order chi connectivity index (χ1) is 11.9. The van der Waals surface area contributed by atoms with E-state index in [1.54, 1.807) is 6.33 Å². The molecule has 0 aliphatic rings. The molecule has 0 unspecified atom stereocenters. The standard InChI is InChI=1S/C21H17N3/c1-3-9-16(10-4-1)20(17-11-5-2-6-12-17)24-21-18-13-7-8-14-19(18)22-15-23-21/h1-15,20H,(H,22,23,24). The van der Waals surface area contributed by atoms with Crippen molar-refractivity contribution in [1.29, 1.82) is 0 Å². The molecule has 0 radical (unpaired) electrons. The molecule has 3 heteroatoms. The molecule has 4 aromatic rings. The Morgan fingerprint density at radius 2 is 1.21 bits per heavy atom. The van der Waals surface area contributed by atoms with E-state index in [1.165, 1.54) is 11.1 Å². The number of anilines is 1. The summed E-state index contributed by atoms with van der Waals surface area (Å²) >= 11 is 0. The molecule has 1 heterocycles. The maximum absolute atomic E-state index is 4.48. The molecular weight excluding hydrogens is 294 g/mol. The average Bonchev–Trinajstić information content (AvgIpc) is 2.67. The molecule has 0 saturated heterocycles. The number of benzene rings is 3. The zero-order valence-electron chi connectivity index (χ0n) is 13.1. The number of nitrogens with one attached hydrogen (secondary N) is 1. The van der Waals surface area contributed by atoms with E-state index in [0.29, 0.717) is 0 Å². The Morgan fingerprint density at radius 1 is 0.625 bits per heavy atom. The summed E-state index contributed by atoms with van der Waals surface area (Å²) in [5, 5.41) is 4.63. The highest BCUT2D eigenvalue weighted by Crippen LogP contribution is 2.28. The van der Waals surface area contributed by atoms with Gasteiger partial charge in [-0.25, -0.2) is 9.97 Å². The first kappa shape index (κ1) is 14.4. The van der Waals surface area contributed by atoms with Gasteiger partial charge in [-0.2, -0.15) is 0 Å². The lowest BCUT2D eigenvalue weighted by molar-refractivity contribution is 0.927. The van der Waals surface area contributed by atoms with Crippen LogP contribution in [0.3, 0.4) is 0 Å². The van der Waals surface area contributed by atoms with Crippen molar-refractivity contribution in [2.75, 3.05) is 5.32 Å². The zero-order valence-corrected chi connectivity index (χ0v) is 13.1. The second kappa shape index (κ2) is 6.50. The van der Waals surface area contributed by atoms with Crippen molar-refractivity contribution in [1.82, 2.24) is 9.97 Å². The summed E-state index contributed by atoms with van der Waals surface area (Å²) in [6.07, 6.45) is 1.61. The summed E-state index contributed by atoms with van der Waals surface area (Å²) in [4.78, 5) is 8.82. The topological polar surface area (TPSA) is 37.8 Å². The minimum Gasteiger partial charge on any atom is -0.359 e. The highest BCUT2D eigenvalue weighted by atomic mass is 15.0. The van der Waals surface area contributed by atoms with Gasteiger partial charge < -0.3 is 5.32 Å². The SMILES string of the molecule is c1ccc(C(Nc2ncnc3ccccc23)c2ccccc2)cc1. The number of nitrogens with zero attached hydrogens (tertiary/aromatic N) is 2. The molecule has 3 aromatic carbocycles. The Morgan fingerprint density at radius 3 is 1.88 bits per heavy atom. The smallest absolute Gasteiger partial charge is 0.138 e. The predicted octanol–water partition coefficient (Wildman–Crippen LogP) is 4.83. The number of hydrogen-bond donors (Lipinski definition) is 1. The van der Waals surface area contributed by atoms with Gasteiger partial charge in [0.05, 0.1) is 11.6 Å². The Balaban J connectivity index is 1.80. The van der Waals surface area contributed by atoms with Crippen LogP contribution in [-0.4, -0.2) is 9.97 Å². The Kier molecular flexibility index (Phi) is 3.90. The van der Waals surface area contributed by atoms with Crippen LogP contribution in [0.4, 0.5) is 5.82 Å². The van der Waals surface area contributed by atoms with Crippen molar-refractivity contribution in [3.8, 4) is 0 Å². The summed E-state index contributed by atoms with van der Waals surface area (Å²) in [6, 6.07) is 28.9. The van der Waals surface area contributed by atoms with Crippen molar-refractivity contribution in [3.63, 3.8) is 0 Å². The maximum Gasteiger partial charge on any atom is 0.138 e. The molecule has 0 atom stereocenters. The molecule has 0 saturated carbocycles. The fourth-order valence-electron chi connectivity index (χ4n) is 2.91. The van der Waals surface area contributed by atoms with Crippen LogP contribution in [0.5, 0.6) is 0 Å². The van der Waals surface area contributed by atoms with Crippen LogP contribution in [0.15, 0.2) is 91.3 Å². The molecule has 1 N–H and O–H groups in total. The molecule has 0 aliphatic heterocycles. The van der Waals surface area contributed by atoms with E-state index in [-0.39, 0.29) is 6.04 Å². The van der Waals surface area contributed by atoms with Gasteiger partial charge in [0.25, 0.3) is 0 Å². The third-order valence-electron chi connectivity index (χ3n) is 4.09. The summed E-state index contributed by atoms with van der Waals surface area (Å²) < 4.78 is 0. The number of aromatic nitrogens is 2. The maximum atomic E-state index is 4.48. The molecule has 3 nitrogen and oxygen atoms in total. The Hall–Kier alpha value is -3.20. The van der Waals surface area contributed by atoms with Gasteiger partial charge in [-0.1, -0.05) is 72.8 Å². The lowest BCUT2D eigenvalue weighted by Crippen LogP contribution is -2.13. The monoisotopic (exact) mass is 311 g/mol. The lowest BCUT2D eigenvalue weighted by Gasteiger charge is -2.21. The van der Waals surface area contributed by atoms with E-state index < -0.39 is 0 Å². The summed E-state index contributed by atoms with van der Waals surface area (Å²) in [6.45, 7) is 0. The van der Waals surface area contributed by atoms with E-state index >= 15 is 0 Å². The highest BCUT2D eigenvalue weighted by Gasteiger charge is 2.15. The van der Waals surface area contributed by atoms with E-state index in [0.717, 1.165) is 16.7 Å². The van der Waals surface area contributed by atoms with E-state index in [2.05, 4.69) is 63.8 Å². The highest BCUT2D eigenvalue weighted by molar-refractivity contribution is 5.88. The molecule has 0 amide bonds. The molecule has 1 aromatic heterocycles. The minimum absolute atomic E-state index is 0.0331. The first-order valence-electron chi connectivity index (χ1n) is 7.98. The van der Waals surface area contributed by atoms with Crippen molar-refractivity contribution < 1.29 is 0 Å². The van der Waals surface area contributed by atoms with Gasteiger partial charge in [0, 0.05) is 5.39 Å². The third kappa shape index (κ3) is 2.84. The van der Waals surface area contributed by atoms with Gasteiger partial charge in [-0.05, 0) is 23.3 Å². The fraction of sp³-hybridized carbons (Fsp3) is 0.0476. The molecule has 4 rings (SSSR count). The van der Waals surface area contributed by atoms with E-state index in [4.69, 9.17) is 0 Å². The lowest BCUT2D eigenvalue weighted by atomic mass is 9.98. The van der Waals surface area contributed by atoms with Gasteiger partial charge in [-0.3, -0.25) is 0 Å². The van der Waals surface area contributed by atoms with Gasteiger partial charge in [0.15, 0.2) is 0 Å². The zero-order chi connectivity index (χ0) is 16.2. The van der Waals surface area contributed by atoms with Crippen LogP contribution in [0.2, 0.25) is 0 Å². The second-order valence-corrected chi connectivity index (χ2v) is 5.64. The van der Waals surface area contributed by atoms with Crippen LogP contribution in [0, 0.1) is 0 Å². The van der Waals surface area contributed by atoms with Gasteiger partial charge >= 0.3 is 0 Å². The second-order valence-electron chi connectivity index (χ2n) is 5.64. The number of rotatable bonds is 4. The summed E-state index contributed by atoms with van der Waals surface area (Å²) in [7, 11) is 0. The van der Waals surface area contributed by atoms with Crippen LogP contribution >= 0.6 is 0 Å². The van der Waals surface area contributed by atoms with Crippen LogP contribution in [-0.2, 0) is 0 Å². The van der Waals surface area contributed by atoms with Gasteiger partial charge in [-0.15, -0.1) is 0 Å². The summed E-state index contributed by atoms with van der Waals surface area (Å²) in [5.41, 5.74) is 3.34. The fourth-order valence-corrected chi connectivity index (χ4v) is 2.91. The molecule has 0 bridgehead atoms. The molecular formula is C21H17N3. The first-order valence-corrected chi connectivity index (χ1v) is 7.98. The largest absolute Gasteiger partial charge is 0.359 e. The quantitative estimate of drug-likeness (QED) is 0.586. The molecule has 116 valence electrons. The van der Waals surface area contributed by atoms with Crippen LogP contribution < -0.4 is 5.32 Å². The van der Waals surface area contributed by atoms with Crippen LogP contribution in [0.1, 0.15) is 17.2 Å². The Labute approximate surface area is 141 Å². The Bertz CT molecular complexity index is 892. The number of fused-ring (bicyclic) bond motifs is 1. The predicted molar refractivity (Wildman–Crippen MR) is 97.9 cm³/mol. The van der Waals surface area contributed by atoms with E-state index in [1.807, 2.05) is 36.4 Å². The summed E-state index contributed by atoms with van der Waals surface area (Å²) in [5.74, 6) is 0.846. The van der Waals surface area contributed by atoms with Crippen molar-refractivity contribution in [3.05, 3.63) is 102 Å². The average molecular weight is 311 g/mol. The van der Waals surface area contributed by atoms with Gasteiger partial charge in [0.2, 0.25) is 0 Å². The van der Waals surface area contributed by atoms with Crippen molar-refractivity contribution >= 4 is 16.7 Å². The van der Waals surface area contributed by atoms with Crippen molar-refractivity contribution in [2.24, 2.45) is 0 Å². The van der Waals surface area contributed by atoms with Gasteiger partial charge in [0.1, 0.15) is 12.1 Å². The third-order valence-corrected chi connectivity index (χ3v) is 4.09. The number of hydrogen-bond acceptors (Lipinski definition) is 3. The minimum atomic E-state index is 0.0331. The van der Waals surface area contributed by atoms with Crippen molar-refractivity contribution in [2.45, 2.75) is 6.04 Å². The normalized spacial score (nSPS) is 10.9. The molecule has 0 spiro atoms. The number of para-hydroxylation sites is 1. The molecule has 0 fully saturated rings. The van der Waals surface area contributed by atoms with E-state index in [9.17, 15) is 0 Å². The molecule has 24 heavy (non-hydrogen) atoms. The molecule has 0 aliphatic carbocycles. The van der Waals surface area contributed by atoms with Crippen LogP contribution in [0.25, 0.3) is 10.9 Å².